The summed E-state index contributed by atoms with van der Waals surface area (Å²) in [5.74, 6) is -1.16. The third kappa shape index (κ3) is 5.62. The van der Waals surface area contributed by atoms with E-state index in [1.165, 1.54) is 35.4 Å². The molecule has 1 aliphatic heterocycles. The molecule has 154 valence electrons. The van der Waals surface area contributed by atoms with Crippen LogP contribution in [-0.4, -0.2) is 53.8 Å². The highest BCUT2D eigenvalue weighted by molar-refractivity contribution is 5.95. The van der Waals surface area contributed by atoms with E-state index in [1.807, 2.05) is 13.0 Å². The minimum atomic E-state index is -0.478. The number of hydrogen-bond donors (Lipinski definition) is 2. The molecule has 0 spiro atoms. The van der Waals surface area contributed by atoms with E-state index in [9.17, 15) is 14.0 Å². The Morgan fingerprint density at radius 1 is 1.00 bits per heavy atom. The number of halogens is 1. The van der Waals surface area contributed by atoms with Crippen molar-refractivity contribution in [3.05, 3.63) is 71.0 Å². The lowest BCUT2D eigenvalue weighted by atomic mass is 10.1. The van der Waals surface area contributed by atoms with E-state index < -0.39 is 11.7 Å². The van der Waals surface area contributed by atoms with Crippen molar-refractivity contribution < 1.29 is 14.0 Å². The highest BCUT2D eigenvalue weighted by atomic mass is 19.1. The summed E-state index contributed by atoms with van der Waals surface area (Å²) >= 11 is 0. The summed E-state index contributed by atoms with van der Waals surface area (Å²) in [4.78, 5) is 28.9. The molecule has 0 radical (unpaired) electrons. The zero-order chi connectivity index (χ0) is 20.8. The van der Waals surface area contributed by atoms with Gasteiger partial charge in [0.25, 0.3) is 11.8 Å². The third-order valence-corrected chi connectivity index (χ3v) is 5.39. The van der Waals surface area contributed by atoms with Crippen LogP contribution in [-0.2, 0) is 11.3 Å². The fraction of sp³-hybridized carbons (Fsp3) is 0.364. The second kappa shape index (κ2) is 9.62. The molecule has 2 aromatic rings. The van der Waals surface area contributed by atoms with Crippen LogP contribution < -0.4 is 10.9 Å². The predicted octanol–water partition coefficient (Wildman–Crippen LogP) is 2.10. The van der Waals surface area contributed by atoms with Gasteiger partial charge in [0.05, 0.1) is 6.04 Å². The van der Waals surface area contributed by atoms with Crippen molar-refractivity contribution in [1.29, 1.82) is 0 Å². The molecule has 0 aliphatic carbocycles. The number of hydrazine groups is 1. The van der Waals surface area contributed by atoms with E-state index in [4.69, 9.17) is 0 Å². The minimum absolute atomic E-state index is 0.271. The van der Waals surface area contributed by atoms with Gasteiger partial charge in [-0.25, -0.2) is 4.39 Å². The number of amides is 2. The Balaban J connectivity index is 1.44. The van der Waals surface area contributed by atoms with Crippen molar-refractivity contribution >= 4 is 11.8 Å². The topological polar surface area (TPSA) is 64.7 Å². The van der Waals surface area contributed by atoms with Crippen LogP contribution in [0, 0.1) is 12.7 Å². The molecule has 2 N–H and O–H groups in total. The van der Waals surface area contributed by atoms with E-state index in [0.29, 0.717) is 0 Å². The molecule has 1 heterocycles. The molecule has 1 fully saturated rings. The molecular formula is C22H27FN4O2. The molecule has 0 unspecified atom stereocenters. The standard InChI is InChI=1S/C22H27FN4O2/c1-16-5-3-4-6-19(16)15-26-11-13-27(14-12-26)17(2)21(28)24-25-22(29)18-7-9-20(23)10-8-18/h3-10,17H,11-15H2,1-2H3,(H,24,28)(H,25,29)/t17-/m0/s1. The van der Waals surface area contributed by atoms with Gasteiger partial charge in [0, 0.05) is 38.3 Å². The summed E-state index contributed by atoms with van der Waals surface area (Å²) in [6.45, 7) is 8.20. The van der Waals surface area contributed by atoms with Crippen molar-refractivity contribution in [2.24, 2.45) is 0 Å². The van der Waals surface area contributed by atoms with Gasteiger partial charge in [0.1, 0.15) is 5.82 Å². The van der Waals surface area contributed by atoms with Crippen LogP contribution in [0.2, 0.25) is 0 Å². The largest absolute Gasteiger partial charge is 0.297 e. The van der Waals surface area contributed by atoms with E-state index >= 15 is 0 Å². The number of benzene rings is 2. The van der Waals surface area contributed by atoms with Crippen LogP contribution in [0.3, 0.4) is 0 Å². The summed E-state index contributed by atoms with van der Waals surface area (Å²) in [5.41, 5.74) is 7.75. The van der Waals surface area contributed by atoms with E-state index in [-0.39, 0.29) is 17.5 Å². The summed E-state index contributed by atoms with van der Waals surface area (Å²) in [6.07, 6.45) is 0. The van der Waals surface area contributed by atoms with Crippen molar-refractivity contribution in [1.82, 2.24) is 20.7 Å². The Hall–Kier alpha value is -2.77. The lowest BCUT2D eigenvalue weighted by Gasteiger charge is -2.37. The monoisotopic (exact) mass is 398 g/mol. The van der Waals surface area contributed by atoms with Crippen LogP contribution in [0.4, 0.5) is 4.39 Å². The van der Waals surface area contributed by atoms with Crippen LogP contribution >= 0.6 is 0 Å². The van der Waals surface area contributed by atoms with Crippen molar-refractivity contribution in [3.63, 3.8) is 0 Å². The summed E-state index contributed by atoms with van der Waals surface area (Å²) < 4.78 is 12.9. The highest BCUT2D eigenvalue weighted by Crippen LogP contribution is 2.13. The van der Waals surface area contributed by atoms with Crippen molar-refractivity contribution in [2.45, 2.75) is 26.4 Å². The number of rotatable bonds is 5. The van der Waals surface area contributed by atoms with E-state index in [1.54, 1.807) is 0 Å². The molecule has 1 atom stereocenters. The predicted molar refractivity (Wildman–Crippen MR) is 109 cm³/mol. The molecule has 0 bridgehead atoms. The fourth-order valence-electron chi connectivity index (χ4n) is 3.40. The van der Waals surface area contributed by atoms with Crippen LogP contribution in [0.15, 0.2) is 48.5 Å². The molecule has 29 heavy (non-hydrogen) atoms. The lowest BCUT2D eigenvalue weighted by Crippen LogP contribution is -2.56. The SMILES string of the molecule is Cc1ccccc1CN1CCN([C@@H](C)C(=O)NNC(=O)c2ccc(F)cc2)CC1. The summed E-state index contributed by atoms with van der Waals surface area (Å²) in [7, 11) is 0. The van der Waals surface area contributed by atoms with Gasteiger partial charge in [-0.3, -0.25) is 30.2 Å². The molecule has 3 rings (SSSR count). The van der Waals surface area contributed by atoms with Gasteiger partial charge in [-0.15, -0.1) is 0 Å². The van der Waals surface area contributed by atoms with Gasteiger partial charge in [0.15, 0.2) is 0 Å². The first kappa shape index (κ1) is 21.0. The molecule has 7 heteroatoms. The van der Waals surface area contributed by atoms with Gasteiger partial charge < -0.3 is 0 Å². The average molecular weight is 398 g/mol. The van der Waals surface area contributed by atoms with Crippen molar-refractivity contribution in [2.75, 3.05) is 26.2 Å². The molecule has 1 aliphatic rings. The van der Waals surface area contributed by atoms with Crippen LogP contribution in [0.1, 0.15) is 28.4 Å². The normalized spacial score (nSPS) is 16.2. The van der Waals surface area contributed by atoms with Crippen LogP contribution in [0.25, 0.3) is 0 Å². The van der Waals surface area contributed by atoms with Gasteiger partial charge in [-0.2, -0.15) is 0 Å². The Morgan fingerprint density at radius 3 is 2.31 bits per heavy atom. The number of hydrogen-bond acceptors (Lipinski definition) is 4. The van der Waals surface area contributed by atoms with Gasteiger partial charge in [-0.05, 0) is 49.2 Å². The number of carbonyl (C=O) groups excluding carboxylic acids is 2. The Kier molecular flexibility index (Phi) is 6.95. The first-order valence-electron chi connectivity index (χ1n) is 9.80. The fourth-order valence-corrected chi connectivity index (χ4v) is 3.40. The maximum atomic E-state index is 12.9. The van der Waals surface area contributed by atoms with E-state index in [0.717, 1.165) is 32.7 Å². The summed E-state index contributed by atoms with van der Waals surface area (Å²) in [5, 5.41) is 0. The molecule has 0 saturated carbocycles. The molecular weight excluding hydrogens is 371 g/mol. The Morgan fingerprint density at radius 2 is 1.66 bits per heavy atom. The second-order valence-corrected chi connectivity index (χ2v) is 7.36. The Labute approximate surface area is 170 Å². The maximum absolute atomic E-state index is 12.9. The minimum Gasteiger partial charge on any atom is -0.297 e. The maximum Gasteiger partial charge on any atom is 0.269 e. The average Bonchev–Trinajstić information content (AvgIpc) is 2.74. The molecule has 2 aromatic carbocycles. The van der Waals surface area contributed by atoms with E-state index in [2.05, 4.69) is 45.8 Å². The third-order valence-electron chi connectivity index (χ3n) is 5.39. The summed E-state index contributed by atoms with van der Waals surface area (Å²) in [6, 6.07) is 13.2. The number of aryl methyl sites for hydroxylation is 1. The van der Waals surface area contributed by atoms with Gasteiger partial charge >= 0.3 is 0 Å². The zero-order valence-corrected chi connectivity index (χ0v) is 16.8. The van der Waals surface area contributed by atoms with Crippen LogP contribution in [0.5, 0.6) is 0 Å². The molecule has 2 amide bonds. The second-order valence-electron chi connectivity index (χ2n) is 7.36. The number of carbonyl (C=O) groups is 2. The highest BCUT2D eigenvalue weighted by Gasteiger charge is 2.26. The van der Waals surface area contributed by atoms with Gasteiger partial charge in [-0.1, -0.05) is 24.3 Å². The number of piperazine rings is 1. The number of nitrogens with one attached hydrogen (secondary N) is 2. The first-order chi connectivity index (χ1) is 13.9. The molecule has 6 nitrogen and oxygen atoms in total. The molecule has 1 saturated heterocycles. The Bertz CT molecular complexity index is 848. The quantitative estimate of drug-likeness (QED) is 0.758. The lowest BCUT2D eigenvalue weighted by molar-refractivity contribution is -0.127. The first-order valence-corrected chi connectivity index (χ1v) is 9.80. The van der Waals surface area contributed by atoms with Gasteiger partial charge in [0.2, 0.25) is 0 Å². The zero-order valence-electron chi connectivity index (χ0n) is 16.8. The molecule has 0 aromatic heterocycles. The number of nitrogens with zero attached hydrogens (tertiary/aromatic N) is 2. The van der Waals surface area contributed by atoms with Crippen molar-refractivity contribution in [3.8, 4) is 0 Å². The smallest absolute Gasteiger partial charge is 0.269 e.